The van der Waals surface area contributed by atoms with E-state index in [0.717, 1.165) is 11.1 Å². The maximum Gasteiger partial charge on any atom is 0.308 e. The first-order chi connectivity index (χ1) is 30.5. The van der Waals surface area contributed by atoms with Crippen molar-refractivity contribution in [2.24, 2.45) is 11.8 Å². The van der Waals surface area contributed by atoms with Gasteiger partial charge in [0.15, 0.2) is 11.4 Å². The Morgan fingerprint density at radius 3 is 1.89 bits per heavy atom. The molecule has 0 aliphatic carbocycles. The van der Waals surface area contributed by atoms with Gasteiger partial charge in [-0.15, -0.1) is 12.3 Å². The van der Waals surface area contributed by atoms with Gasteiger partial charge in [-0.1, -0.05) is 111 Å². The number of rotatable bonds is 27. The molecule has 5 atom stereocenters. The lowest BCUT2D eigenvalue weighted by atomic mass is 9.90. The largest absolute Gasteiger partial charge is 0.450 e. The van der Waals surface area contributed by atoms with Crippen LogP contribution in [-0.4, -0.2) is 120 Å². The van der Waals surface area contributed by atoms with E-state index >= 15 is 0 Å². The summed E-state index contributed by atoms with van der Waals surface area (Å²) in [6.07, 6.45) is 6.69. The Morgan fingerprint density at radius 1 is 0.750 bits per heavy atom. The molecule has 5 N–H and O–H groups in total. The summed E-state index contributed by atoms with van der Waals surface area (Å²) in [4.78, 5) is 97.3. The topological polar surface area (TPSA) is 201 Å². The normalized spacial score (nSPS) is 15.6. The van der Waals surface area contributed by atoms with E-state index < -0.39 is 59.2 Å². The molecule has 2 aromatic rings. The minimum Gasteiger partial charge on any atom is -0.450 e. The lowest BCUT2D eigenvalue weighted by Gasteiger charge is -2.32. The molecule has 64 heavy (non-hydrogen) atoms. The van der Waals surface area contributed by atoms with Crippen LogP contribution in [0.5, 0.6) is 0 Å². The van der Waals surface area contributed by atoms with Crippen molar-refractivity contribution in [3.8, 4) is 12.3 Å². The van der Waals surface area contributed by atoms with Crippen molar-refractivity contribution in [3.63, 3.8) is 0 Å². The number of nitrogens with zero attached hydrogens (tertiary/aromatic N) is 1. The smallest absolute Gasteiger partial charge is 0.308 e. The molecule has 1 fully saturated rings. The molecule has 0 radical (unpaired) electrons. The number of carbonyl (C=O) groups excluding carboxylic acids is 7. The zero-order valence-corrected chi connectivity index (χ0v) is 40.1. The Balaban J connectivity index is 1.84. The molecule has 1 aliphatic rings. The van der Waals surface area contributed by atoms with Gasteiger partial charge in [-0.2, -0.15) is 0 Å². The highest BCUT2D eigenvalue weighted by atomic mass is 127. The van der Waals surface area contributed by atoms with E-state index in [2.05, 4.69) is 32.5 Å². The van der Waals surface area contributed by atoms with Gasteiger partial charge >= 0.3 is 5.97 Å². The molecule has 16 heteroatoms. The van der Waals surface area contributed by atoms with Crippen LogP contribution < -0.4 is 26.6 Å². The quantitative estimate of drug-likeness (QED) is 0.0382. The lowest BCUT2D eigenvalue weighted by molar-refractivity contribution is -0.164. The Morgan fingerprint density at radius 2 is 1.30 bits per heavy atom. The second-order valence-corrected chi connectivity index (χ2v) is 17.9. The third-order valence-corrected chi connectivity index (χ3v) is 12.0. The second kappa shape index (κ2) is 28.1. The fourth-order valence-corrected chi connectivity index (χ4v) is 7.63. The van der Waals surface area contributed by atoms with Crippen molar-refractivity contribution >= 4 is 63.9 Å². The van der Waals surface area contributed by atoms with Crippen molar-refractivity contribution < 1.29 is 43.0 Å². The van der Waals surface area contributed by atoms with Crippen LogP contribution in [0.25, 0.3) is 0 Å². The van der Waals surface area contributed by atoms with Crippen LogP contribution in [0, 0.1) is 24.2 Å². The molecule has 0 aromatic heterocycles. The van der Waals surface area contributed by atoms with E-state index in [-0.39, 0.29) is 86.1 Å². The van der Waals surface area contributed by atoms with Gasteiger partial charge in [-0.3, -0.25) is 38.5 Å². The van der Waals surface area contributed by atoms with E-state index in [1.807, 2.05) is 116 Å². The molecule has 2 aromatic carbocycles. The number of esters is 1. The zero-order valence-electron chi connectivity index (χ0n) is 37.9. The Kier molecular flexibility index (Phi) is 23.5. The summed E-state index contributed by atoms with van der Waals surface area (Å²) in [6, 6.07) is 14.4. The number of carbonyl (C=O) groups is 7. The van der Waals surface area contributed by atoms with Crippen LogP contribution in [0.15, 0.2) is 60.7 Å². The lowest BCUT2D eigenvalue weighted by Crippen LogP contribution is -2.60. The molecule has 3 rings (SSSR count). The Bertz CT molecular complexity index is 1870. The number of halogens is 1. The van der Waals surface area contributed by atoms with Crippen molar-refractivity contribution in [1.29, 1.82) is 0 Å². The highest BCUT2D eigenvalue weighted by Crippen LogP contribution is 2.22. The highest BCUT2D eigenvalue weighted by molar-refractivity contribution is 14.1. The van der Waals surface area contributed by atoms with Crippen LogP contribution in [0.2, 0.25) is 0 Å². The number of Topliss-reactive ketones (excluding diaryl/α,β-unsaturated/α-hetero) is 1. The van der Waals surface area contributed by atoms with Crippen LogP contribution in [0.1, 0.15) is 84.3 Å². The minimum atomic E-state index is -1.63. The number of benzene rings is 2. The average Bonchev–Trinajstić information content (AvgIpc) is 3.26. The average molecular weight is 999 g/mol. The van der Waals surface area contributed by atoms with Crippen LogP contribution in [0.3, 0.4) is 0 Å². The van der Waals surface area contributed by atoms with Gasteiger partial charge in [-0.25, -0.2) is 0 Å². The number of hydrogen-bond donors (Lipinski definition) is 5. The first-order valence-electron chi connectivity index (χ1n) is 22.1. The molecular weight excluding hydrogens is 931 g/mol. The van der Waals surface area contributed by atoms with E-state index in [4.69, 9.17) is 15.9 Å². The summed E-state index contributed by atoms with van der Waals surface area (Å²) < 4.78 is 11.2. The molecule has 0 saturated carbocycles. The Hall–Kier alpha value is -4.86. The zero-order chi connectivity index (χ0) is 47.1. The number of alkyl halides is 1. The summed E-state index contributed by atoms with van der Waals surface area (Å²) in [5.41, 5.74) is 0.0933. The second-order valence-electron chi connectivity index (χ2n) is 17.2. The molecule has 15 nitrogen and oxygen atoms in total. The van der Waals surface area contributed by atoms with Gasteiger partial charge in [0.25, 0.3) is 0 Å². The number of aryl methyl sites for hydroxylation is 1. The molecule has 1 heterocycles. The van der Waals surface area contributed by atoms with Gasteiger partial charge in [-0.05, 0) is 55.6 Å². The van der Waals surface area contributed by atoms with Gasteiger partial charge in [0, 0.05) is 43.3 Å². The summed E-state index contributed by atoms with van der Waals surface area (Å²) in [6.45, 7) is 11.4. The summed E-state index contributed by atoms with van der Waals surface area (Å²) in [7, 11) is 0. The molecule has 1 unspecified atom stereocenters. The van der Waals surface area contributed by atoms with Crippen molar-refractivity contribution in [2.45, 2.75) is 116 Å². The number of hydrogen-bond acceptors (Lipinski definition) is 10. The monoisotopic (exact) mass is 998 g/mol. The fraction of sp³-hybridized carbons (Fsp3) is 0.562. The number of ether oxygens (including phenoxy) is 2. The first-order valence-corrected chi connectivity index (χ1v) is 23.7. The third-order valence-electron chi connectivity index (χ3n) is 10.5. The molecular formula is C48H67IN6O9. The number of morpholine rings is 1. The predicted molar refractivity (Wildman–Crippen MR) is 253 cm³/mol. The van der Waals surface area contributed by atoms with E-state index in [1.165, 1.54) is 6.92 Å². The van der Waals surface area contributed by atoms with E-state index in [1.54, 1.807) is 0 Å². The van der Waals surface area contributed by atoms with E-state index in [9.17, 15) is 33.6 Å². The summed E-state index contributed by atoms with van der Waals surface area (Å²) >= 11 is 1.96. The van der Waals surface area contributed by atoms with Gasteiger partial charge in [0.1, 0.15) is 18.1 Å². The summed E-state index contributed by atoms with van der Waals surface area (Å²) in [5, 5.41) is 14.2. The molecule has 0 spiro atoms. The number of ketones is 1. The standard InChI is InChI=1S/C48H67IN6O9/c1-7-8-19-41(56)50-23-22-43(58)64-48(6,32-49)44(59)38(28-33(2)3)52-47(62)40(30-36-17-13-10-14-18-36)54-46(61)39(29-34(4)5)53-45(60)37(21-20-35-15-11-9-12-16-35)51-42(57)31-55-24-26-63-27-25-55/h1,9-18,33-34,37-40H,8,19-32H2,2-6H3,(H,50,56)(H,51,57)(H,52,62)(H,53,60)(H,54,61)/t37-,38-,39-,40-,48?/m0/s1. The van der Waals surface area contributed by atoms with Crippen molar-refractivity contribution in [1.82, 2.24) is 31.5 Å². The fourth-order valence-electron chi connectivity index (χ4n) is 7.10. The SMILES string of the molecule is C#CCCC(=O)NCCC(=O)OC(C)(CI)C(=O)[C@H](CC(C)C)NC(=O)[C@H](Cc1ccccc1)NC(=O)[C@H](CC(C)C)NC(=O)[C@H](CCc1ccccc1)NC(=O)CN1CCOCC1. The highest BCUT2D eigenvalue weighted by Gasteiger charge is 2.42. The minimum absolute atomic E-state index is 0.00303. The maximum atomic E-state index is 14.4. The predicted octanol–water partition coefficient (Wildman–Crippen LogP) is 3.45. The maximum absolute atomic E-state index is 14.4. The summed E-state index contributed by atoms with van der Waals surface area (Å²) in [5.74, 6) is -1.37. The van der Waals surface area contributed by atoms with Crippen LogP contribution >= 0.6 is 22.6 Å². The van der Waals surface area contributed by atoms with Crippen LogP contribution in [0.4, 0.5) is 0 Å². The molecule has 1 aliphatic heterocycles. The van der Waals surface area contributed by atoms with Gasteiger partial charge in [0.05, 0.1) is 32.2 Å². The number of amides is 5. The van der Waals surface area contributed by atoms with E-state index in [0.29, 0.717) is 32.7 Å². The number of nitrogens with one attached hydrogen (secondary N) is 5. The Labute approximate surface area is 392 Å². The molecule has 0 bridgehead atoms. The molecule has 350 valence electrons. The van der Waals surface area contributed by atoms with Crippen LogP contribution in [-0.2, 0) is 55.9 Å². The van der Waals surface area contributed by atoms with Crippen molar-refractivity contribution in [3.05, 3.63) is 71.8 Å². The first kappa shape index (κ1) is 53.5. The van der Waals surface area contributed by atoms with Gasteiger partial charge in [0.2, 0.25) is 29.5 Å². The van der Waals surface area contributed by atoms with Gasteiger partial charge < -0.3 is 36.1 Å². The number of terminal acetylenes is 1. The third kappa shape index (κ3) is 19.5. The molecule has 5 amide bonds. The van der Waals surface area contributed by atoms with Crippen molar-refractivity contribution in [2.75, 3.05) is 43.8 Å². The molecule has 1 saturated heterocycles.